The lowest BCUT2D eigenvalue weighted by Gasteiger charge is -2.08. The van der Waals surface area contributed by atoms with Gasteiger partial charge in [-0.25, -0.2) is 0 Å². The monoisotopic (exact) mass is 270 g/mol. The molecule has 20 heavy (non-hydrogen) atoms. The van der Waals surface area contributed by atoms with Crippen LogP contribution in [-0.4, -0.2) is 15.8 Å². The van der Waals surface area contributed by atoms with Crippen LogP contribution in [0.15, 0.2) is 30.3 Å². The molecule has 4 heteroatoms. The van der Waals surface area contributed by atoms with Gasteiger partial charge in [0.15, 0.2) is 0 Å². The van der Waals surface area contributed by atoms with Gasteiger partial charge in [-0.2, -0.15) is 5.10 Å². The predicted octanol–water partition coefficient (Wildman–Crippen LogP) is 3.09. The quantitative estimate of drug-likeness (QED) is 0.897. The zero-order chi connectivity index (χ0) is 14.3. The molecule has 0 aliphatic heterocycles. The molecule has 1 aromatic heterocycles. The number of anilines is 2. The SMILES string of the molecule is CC(C)c1nn(C)c(NC2CC2c2ccccc2)c1N. The molecule has 1 aliphatic rings. The van der Waals surface area contributed by atoms with Gasteiger partial charge in [0.2, 0.25) is 0 Å². The number of aromatic nitrogens is 2. The Bertz CT molecular complexity index is 600. The molecule has 0 spiro atoms. The van der Waals surface area contributed by atoms with Crippen molar-refractivity contribution >= 4 is 11.5 Å². The summed E-state index contributed by atoms with van der Waals surface area (Å²) in [5, 5.41) is 8.07. The second kappa shape index (κ2) is 4.85. The van der Waals surface area contributed by atoms with Crippen LogP contribution in [0.3, 0.4) is 0 Å². The van der Waals surface area contributed by atoms with Crippen LogP contribution in [0, 0.1) is 0 Å². The van der Waals surface area contributed by atoms with Crippen LogP contribution in [0.2, 0.25) is 0 Å². The fourth-order valence-electron chi connectivity index (χ4n) is 2.76. The Labute approximate surface area is 120 Å². The number of nitrogen functional groups attached to an aromatic ring is 1. The van der Waals surface area contributed by atoms with Crippen LogP contribution in [-0.2, 0) is 7.05 Å². The standard InChI is InChI=1S/C16H22N4/c1-10(2)15-14(17)16(20(3)19-15)18-13-9-12(13)11-7-5-4-6-8-11/h4-8,10,12-13,18H,9,17H2,1-3H3. The largest absolute Gasteiger partial charge is 0.394 e. The second-order valence-corrected chi connectivity index (χ2v) is 5.93. The lowest BCUT2D eigenvalue weighted by atomic mass is 10.1. The Morgan fingerprint density at radius 2 is 2.00 bits per heavy atom. The number of aryl methyl sites for hydroxylation is 1. The molecule has 1 fully saturated rings. The van der Waals surface area contributed by atoms with Crippen LogP contribution in [0.4, 0.5) is 11.5 Å². The van der Waals surface area contributed by atoms with E-state index in [0.717, 1.165) is 23.6 Å². The van der Waals surface area contributed by atoms with Gasteiger partial charge in [-0.3, -0.25) is 4.68 Å². The van der Waals surface area contributed by atoms with Crippen molar-refractivity contribution in [3.63, 3.8) is 0 Å². The van der Waals surface area contributed by atoms with Crippen LogP contribution in [0.5, 0.6) is 0 Å². The first-order valence-corrected chi connectivity index (χ1v) is 7.21. The molecular formula is C16H22N4. The molecule has 1 saturated carbocycles. The van der Waals surface area contributed by atoms with Crippen LogP contribution < -0.4 is 11.1 Å². The number of rotatable bonds is 4. The summed E-state index contributed by atoms with van der Waals surface area (Å²) >= 11 is 0. The lowest BCUT2D eigenvalue weighted by Crippen LogP contribution is -2.10. The van der Waals surface area contributed by atoms with Crippen LogP contribution in [0.1, 0.15) is 43.4 Å². The molecule has 1 aliphatic carbocycles. The number of nitrogens with two attached hydrogens (primary N) is 1. The zero-order valence-corrected chi connectivity index (χ0v) is 12.3. The van der Waals surface area contributed by atoms with Crippen molar-refractivity contribution in [3.05, 3.63) is 41.6 Å². The first-order valence-electron chi connectivity index (χ1n) is 7.21. The van der Waals surface area contributed by atoms with Crippen molar-refractivity contribution in [1.29, 1.82) is 0 Å². The minimum Gasteiger partial charge on any atom is -0.394 e. The zero-order valence-electron chi connectivity index (χ0n) is 12.3. The minimum absolute atomic E-state index is 0.348. The topological polar surface area (TPSA) is 55.9 Å². The average Bonchev–Trinajstić information content (AvgIpc) is 3.15. The first-order chi connectivity index (χ1) is 9.58. The van der Waals surface area contributed by atoms with Crippen molar-refractivity contribution in [2.75, 3.05) is 11.1 Å². The fourth-order valence-corrected chi connectivity index (χ4v) is 2.76. The van der Waals surface area contributed by atoms with Crippen molar-refractivity contribution < 1.29 is 0 Å². The molecular weight excluding hydrogens is 248 g/mol. The van der Waals surface area contributed by atoms with Gasteiger partial charge in [0, 0.05) is 19.0 Å². The Balaban J connectivity index is 1.74. The highest BCUT2D eigenvalue weighted by Crippen LogP contribution is 2.43. The smallest absolute Gasteiger partial charge is 0.148 e. The summed E-state index contributed by atoms with van der Waals surface area (Å²) in [6.45, 7) is 4.23. The third kappa shape index (κ3) is 2.26. The van der Waals surface area contributed by atoms with Gasteiger partial charge in [-0.1, -0.05) is 44.2 Å². The number of nitrogens with zero attached hydrogens (tertiary/aromatic N) is 2. The summed E-state index contributed by atoms with van der Waals surface area (Å²) in [6, 6.07) is 11.1. The Hall–Kier alpha value is -1.97. The molecule has 0 amide bonds. The van der Waals surface area contributed by atoms with Crippen molar-refractivity contribution in [2.24, 2.45) is 7.05 Å². The van der Waals surface area contributed by atoms with E-state index in [1.807, 2.05) is 11.7 Å². The third-order valence-corrected chi connectivity index (χ3v) is 4.00. The molecule has 0 bridgehead atoms. The van der Waals surface area contributed by atoms with Gasteiger partial charge in [0.05, 0.1) is 11.4 Å². The van der Waals surface area contributed by atoms with E-state index in [1.165, 1.54) is 5.56 Å². The van der Waals surface area contributed by atoms with E-state index in [0.29, 0.717) is 17.9 Å². The third-order valence-electron chi connectivity index (χ3n) is 4.00. The molecule has 1 heterocycles. The highest BCUT2D eigenvalue weighted by Gasteiger charge is 2.39. The van der Waals surface area contributed by atoms with Crippen molar-refractivity contribution in [2.45, 2.75) is 38.1 Å². The molecule has 2 unspecified atom stereocenters. The Kier molecular flexibility index (Phi) is 3.16. The molecule has 0 radical (unpaired) electrons. The highest BCUT2D eigenvalue weighted by molar-refractivity contribution is 5.66. The van der Waals surface area contributed by atoms with E-state index < -0.39 is 0 Å². The van der Waals surface area contributed by atoms with E-state index in [-0.39, 0.29) is 0 Å². The summed E-state index contributed by atoms with van der Waals surface area (Å²) in [4.78, 5) is 0. The summed E-state index contributed by atoms with van der Waals surface area (Å²) in [5.41, 5.74) is 9.39. The molecule has 3 N–H and O–H groups in total. The fraction of sp³-hybridized carbons (Fsp3) is 0.438. The lowest BCUT2D eigenvalue weighted by molar-refractivity contribution is 0.714. The molecule has 2 atom stereocenters. The van der Waals surface area contributed by atoms with Crippen LogP contribution >= 0.6 is 0 Å². The van der Waals surface area contributed by atoms with E-state index in [2.05, 4.69) is 54.6 Å². The molecule has 4 nitrogen and oxygen atoms in total. The van der Waals surface area contributed by atoms with Gasteiger partial charge < -0.3 is 11.1 Å². The summed E-state index contributed by atoms with van der Waals surface area (Å²) < 4.78 is 1.87. The maximum atomic E-state index is 6.22. The van der Waals surface area contributed by atoms with Gasteiger partial charge in [-0.05, 0) is 17.9 Å². The second-order valence-electron chi connectivity index (χ2n) is 5.93. The molecule has 1 aromatic carbocycles. The van der Waals surface area contributed by atoms with Gasteiger partial charge in [-0.15, -0.1) is 0 Å². The van der Waals surface area contributed by atoms with Gasteiger partial charge in [0.1, 0.15) is 5.82 Å². The Morgan fingerprint density at radius 1 is 1.30 bits per heavy atom. The van der Waals surface area contributed by atoms with Crippen molar-refractivity contribution in [1.82, 2.24) is 9.78 Å². The normalized spacial score (nSPS) is 21.2. The molecule has 3 rings (SSSR count). The molecule has 0 saturated heterocycles. The van der Waals surface area contributed by atoms with Gasteiger partial charge in [0.25, 0.3) is 0 Å². The minimum atomic E-state index is 0.348. The predicted molar refractivity (Wildman–Crippen MR) is 82.9 cm³/mol. The first kappa shape index (κ1) is 13.0. The van der Waals surface area contributed by atoms with E-state index >= 15 is 0 Å². The average molecular weight is 270 g/mol. The molecule has 2 aromatic rings. The summed E-state index contributed by atoms with van der Waals surface area (Å²) in [7, 11) is 1.95. The van der Waals surface area contributed by atoms with E-state index in [9.17, 15) is 0 Å². The highest BCUT2D eigenvalue weighted by atomic mass is 15.3. The van der Waals surface area contributed by atoms with Crippen LogP contribution in [0.25, 0.3) is 0 Å². The summed E-state index contributed by atoms with van der Waals surface area (Å²) in [5.74, 6) is 1.89. The summed E-state index contributed by atoms with van der Waals surface area (Å²) in [6.07, 6.45) is 1.16. The molecule has 106 valence electrons. The van der Waals surface area contributed by atoms with E-state index in [1.54, 1.807) is 0 Å². The number of hydrogen-bond acceptors (Lipinski definition) is 3. The number of nitrogens with one attached hydrogen (secondary N) is 1. The van der Waals surface area contributed by atoms with Gasteiger partial charge >= 0.3 is 0 Å². The maximum absolute atomic E-state index is 6.22. The maximum Gasteiger partial charge on any atom is 0.148 e. The number of hydrogen-bond donors (Lipinski definition) is 2. The Morgan fingerprint density at radius 3 is 2.60 bits per heavy atom. The number of benzene rings is 1. The van der Waals surface area contributed by atoms with E-state index in [4.69, 9.17) is 5.73 Å². The van der Waals surface area contributed by atoms with Crippen molar-refractivity contribution in [3.8, 4) is 0 Å².